The van der Waals surface area contributed by atoms with E-state index < -0.39 is 17.7 Å². The summed E-state index contributed by atoms with van der Waals surface area (Å²) >= 11 is 0. The van der Waals surface area contributed by atoms with Gasteiger partial charge in [0, 0.05) is 53.7 Å². The lowest BCUT2D eigenvalue weighted by atomic mass is 9.94. The lowest BCUT2D eigenvalue weighted by Crippen LogP contribution is -2.29. The molecule has 1 amide bonds. The molecule has 3 aromatic carbocycles. The van der Waals surface area contributed by atoms with Crippen molar-refractivity contribution < 1.29 is 19.4 Å². The van der Waals surface area contributed by atoms with Gasteiger partial charge in [0.2, 0.25) is 0 Å². The molecule has 0 bridgehead atoms. The Kier molecular flexibility index (Phi) is 7.41. The second kappa shape index (κ2) is 11.1. The van der Waals surface area contributed by atoms with Crippen LogP contribution in [-0.4, -0.2) is 42.5 Å². The van der Waals surface area contributed by atoms with Crippen LogP contribution in [0.3, 0.4) is 0 Å². The molecule has 200 valence electrons. The molecule has 39 heavy (non-hydrogen) atoms. The van der Waals surface area contributed by atoms with Crippen molar-refractivity contribution in [3.05, 3.63) is 95.7 Å². The molecule has 2 N–H and O–H groups in total. The summed E-state index contributed by atoms with van der Waals surface area (Å²) in [6.07, 6.45) is 5.00. The van der Waals surface area contributed by atoms with E-state index in [0.29, 0.717) is 23.6 Å². The van der Waals surface area contributed by atoms with Gasteiger partial charge in [0.15, 0.2) is 0 Å². The highest BCUT2D eigenvalue weighted by molar-refractivity contribution is 6.51. The van der Waals surface area contributed by atoms with Crippen LogP contribution in [0.25, 0.3) is 16.7 Å². The molecule has 7 heteroatoms. The highest BCUT2D eigenvalue weighted by atomic mass is 16.5. The van der Waals surface area contributed by atoms with Crippen molar-refractivity contribution in [1.82, 2.24) is 4.98 Å². The van der Waals surface area contributed by atoms with Gasteiger partial charge in [0.25, 0.3) is 11.7 Å². The maximum atomic E-state index is 13.5. The Morgan fingerprint density at radius 2 is 1.69 bits per heavy atom. The first-order valence-corrected chi connectivity index (χ1v) is 13.3. The number of anilines is 2. The molecule has 2 heterocycles. The zero-order chi connectivity index (χ0) is 27.5. The van der Waals surface area contributed by atoms with Crippen LogP contribution in [0.1, 0.15) is 43.4 Å². The minimum Gasteiger partial charge on any atom is -0.507 e. The van der Waals surface area contributed by atoms with Crippen molar-refractivity contribution in [1.29, 1.82) is 0 Å². The number of benzene rings is 3. The Labute approximate surface area is 228 Å². The zero-order valence-electron chi connectivity index (χ0n) is 22.5. The molecular formula is C32H33N3O4. The molecule has 1 fully saturated rings. The number of unbranched alkanes of at least 4 members (excludes halogenated alkanes) is 2. The fourth-order valence-electron chi connectivity index (χ4n) is 5.03. The standard InChI is InChI=1S/C32H33N3O4/c1-4-5-8-19-39-24-17-11-21(12-18-24)30(36)28-29(26-20-33-27-10-7-6-9-25(26)27)35(32(38)31(28)37)23-15-13-22(14-16-23)34(2)3/h6-7,9-18,20,29,33,36H,4-5,8,19H2,1-3H3/b30-28+. The van der Waals surface area contributed by atoms with Crippen LogP contribution in [0.15, 0.2) is 84.6 Å². The SMILES string of the molecule is CCCCCOc1ccc(/C(O)=C2\C(=O)C(=O)N(c3ccc(N(C)C)cc3)C2c2c[nH]c3ccccc23)cc1. The Balaban J connectivity index is 1.59. The average molecular weight is 524 g/mol. The number of para-hydroxylation sites is 1. The minimum absolute atomic E-state index is 0.0538. The van der Waals surface area contributed by atoms with E-state index in [-0.39, 0.29) is 11.3 Å². The molecule has 5 rings (SSSR count). The predicted octanol–water partition coefficient (Wildman–Crippen LogP) is 6.43. The molecule has 0 aliphatic carbocycles. The van der Waals surface area contributed by atoms with E-state index in [2.05, 4.69) is 11.9 Å². The van der Waals surface area contributed by atoms with Gasteiger partial charge in [0.1, 0.15) is 11.5 Å². The Bertz CT molecular complexity index is 1520. The zero-order valence-corrected chi connectivity index (χ0v) is 22.5. The first-order valence-electron chi connectivity index (χ1n) is 13.3. The maximum Gasteiger partial charge on any atom is 0.300 e. The topological polar surface area (TPSA) is 85.9 Å². The fourth-order valence-corrected chi connectivity index (χ4v) is 5.03. The minimum atomic E-state index is -0.809. The second-order valence-corrected chi connectivity index (χ2v) is 9.95. The summed E-state index contributed by atoms with van der Waals surface area (Å²) in [5.74, 6) is -0.925. The lowest BCUT2D eigenvalue weighted by Gasteiger charge is -2.25. The molecule has 1 atom stereocenters. The van der Waals surface area contributed by atoms with E-state index in [4.69, 9.17) is 4.74 Å². The van der Waals surface area contributed by atoms with E-state index in [1.807, 2.05) is 73.7 Å². The Hall–Kier alpha value is -4.52. The number of carbonyl (C=O) groups excluding carboxylic acids is 2. The fraction of sp³-hybridized carbons (Fsp3) is 0.250. The van der Waals surface area contributed by atoms with E-state index in [9.17, 15) is 14.7 Å². The van der Waals surface area contributed by atoms with E-state index in [1.165, 1.54) is 4.90 Å². The van der Waals surface area contributed by atoms with Gasteiger partial charge in [-0.2, -0.15) is 0 Å². The third-order valence-electron chi connectivity index (χ3n) is 7.15. The van der Waals surface area contributed by atoms with Crippen molar-refractivity contribution in [2.45, 2.75) is 32.2 Å². The number of hydrogen-bond acceptors (Lipinski definition) is 5. The number of aromatic amines is 1. The van der Waals surface area contributed by atoms with Gasteiger partial charge in [-0.15, -0.1) is 0 Å². The third-order valence-corrected chi connectivity index (χ3v) is 7.15. The van der Waals surface area contributed by atoms with E-state index in [1.54, 1.807) is 24.3 Å². The number of aliphatic hydroxyl groups excluding tert-OH is 1. The molecule has 1 unspecified atom stereocenters. The summed E-state index contributed by atoms with van der Waals surface area (Å²) in [6.45, 7) is 2.76. The first-order chi connectivity index (χ1) is 18.9. The van der Waals surface area contributed by atoms with Crippen molar-refractivity contribution in [2.24, 2.45) is 0 Å². The van der Waals surface area contributed by atoms with Crippen LogP contribution in [0.5, 0.6) is 5.75 Å². The summed E-state index contributed by atoms with van der Waals surface area (Å²) < 4.78 is 5.80. The van der Waals surface area contributed by atoms with Crippen molar-refractivity contribution in [3.63, 3.8) is 0 Å². The number of nitrogens with zero attached hydrogens (tertiary/aromatic N) is 2. The maximum absolute atomic E-state index is 13.5. The number of carbonyl (C=O) groups is 2. The molecule has 0 saturated carbocycles. The van der Waals surface area contributed by atoms with Crippen molar-refractivity contribution in [3.8, 4) is 5.75 Å². The van der Waals surface area contributed by atoms with Crippen LogP contribution in [0, 0.1) is 0 Å². The number of amides is 1. The molecule has 7 nitrogen and oxygen atoms in total. The van der Waals surface area contributed by atoms with Crippen molar-refractivity contribution >= 4 is 39.7 Å². The molecule has 1 aliphatic rings. The van der Waals surface area contributed by atoms with E-state index >= 15 is 0 Å². The highest BCUT2D eigenvalue weighted by Crippen LogP contribution is 2.44. The number of ketones is 1. The predicted molar refractivity (Wildman–Crippen MR) is 155 cm³/mol. The molecule has 1 saturated heterocycles. The number of ether oxygens (including phenoxy) is 1. The van der Waals surface area contributed by atoms with Crippen LogP contribution in [-0.2, 0) is 9.59 Å². The molecule has 1 aliphatic heterocycles. The third kappa shape index (κ3) is 5.00. The number of H-pyrrole nitrogens is 1. The summed E-state index contributed by atoms with van der Waals surface area (Å²) in [5, 5.41) is 12.4. The summed E-state index contributed by atoms with van der Waals surface area (Å²) in [7, 11) is 3.88. The largest absolute Gasteiger partial charge is 0.507 e. The number of hydrogen-bond donors (Lipinski definition) is 2. The Morgan fingerprint density at radius 3 is 2.38 bits per heavy atom. The summed E-state index contributed by atoms with van der Waals surface area (Å²) in [6, 6.07) is 21.4. The smallest absolute Gasteiger partial charge is 0.300 e. The number of aliphatic hydroxyl groups is 1. The van der Waals surface area contributed by atoms with Crippen LogP contribution < -0.4 is 14.5 Å². The van der Waals surface area contributed by atoms with Gasteiger partial charge >= 0.3 is 0 Å². The average Bonchev–Trinajstić information content (AvgIpc) is 3.49. The quantitative estimate of drug-likeness (QED) is 0.114. The molecule has 0 spiro atoms. The molecular weight excluding hydrogens is 490 g/mol. The van der Waals surface area contributed by atoms with Gasteiger partial charge < -0.3 is 19.7 Å². The van der Waals surface area contributed by atoms with E-state index in [0.717, 1.165) is 41.4 Å². The summed E-state index contributed by atoms with van der Waals surface area (Å²) in [4.78, 5) is 33.8. The van der Waals surface area contributed by atoms with Crippen molar-refractivity contribution in [2.75, 3.05) is 30.5 Å². The second-order valence-electron chi connectivity index (χ2n) is 9.95. The Morgan fingerprint density at radius 1 is 0.974 bits per heavy atom. The lowest BCUT2D eigenvalue weighted by molar-refractivity contribution is -0.132. The van der Waals surface area contributed by atoms with Gasteiger partial charge in [-0.3, -0.25) is 14.5 Å². The van der Waals surface area contributed by atoms with Gasteiger partial charge in [-0.05, 0) is 61.0 Å². The number of nitrogens with one attached hydrogen (secondary N) is 1. The monoisotopic (exact) mass is 523 g/mol. The normalized spacial score (nSPS) is 16.7. The number of aromatic nitrogens is 1. The van der Waals surface area contributed by atoms with Crippen LogP contribution >= 0.6 is 0 Å². The molecule has 1 aromatic heterocycles. The van der Waals surface area contributed by atoms with Gasteiger partial charge in [-0.1, -0.05) is 38.0 Å². The molecule has 4 aromatic rings. The summed E-state index contributed by atoms with van der Waals surface area (Å²) in [5.41, 5.74) is 3.66. The van der Waals surface area contributed by atoms with Crippen LogP contribution in [0.2, 0.25) is 0 Å². The van der Waals surface area contributed by atoms with Gasteiger partial charge in [-0.25, -0.2) is 0 Å². The number of rotatable bonds is 9. The van der Waals surface area contributed by atoms with Gasteiger partial charge in [0.05, 0.1) is 18.2 Å². The van der Waals surface area contributed by atoms with Crippen LogP contribution in [0.4, 0.5) is 11.4 Å². The number of fused-ring (bicyclic) bond motifs is 1. The number of Topliss-reactive ketones (excluding diaryl/α,β-unsaturated/α-hetero) is 1. The highest BCUT2D eigenvalue weighted by Gasteiger charge is 2.47. The first kappa shape index (κ1) is 26.1. The molecule has 0 radical (unpaired) electrons.